The van der Waals surface area contributed by atoms with E-state index in [2.05, 4.69) is 18.0 Å². The molecule has 0 spiro atoms. The van der Waals surface area contributed by atoms with Crippen molar-refractivity contribution in [2.45, 2.75) is 43.4 Å². The third-order valence-corrected chi connectivity index (χ3v) is 6.04. The second-order valence-corrected chi connectivity index (χ2v) is 7.57. The lowest BCUT2D eigenvalue weighted by Gasteiger charge is -2.17. The maximum atomic E-state index is 9.62. The Labute approximate surface area is 150 Å². The number of nitrogens with zero attached hydrogens (tertiary/aromatic N) is 1. The first-order chi connectivity index (χ1) is 11.1. The summed E-state index contributed by atoms with van der Waals surface area (Å²) in [5, 5.41) is 11.7. The highest BCUT2D eigenvalue weighted by atomic mass is 35.5. The summed E-state index contributed by atoms with van der Waals surface area (Å²) in [6.07, 6.45) is 4.46. The Kier molecular flexibility index (Phi) is 5.16. The molecule has 1 heterocycles. The molecule has 0 aliphatic heterocycles. The molecule has 1 aromatic heterocycles. The van der Waals surface area contributed by atoms with Crippen molar-refractivity contribution in [1.29, 1.82) is 5.26 Å². The minimum absolute atomic E-state index is 0.564. The number of aromatic amines is 1. The van der Waals surface area contributed by atoms with E-state index in [1.807, 2.05) is 18.2 Å². The van der Waals surface area contributed by atoms with E-state index in [0.29, 0.717) is 10.0 Å². The van der Waals surface area contributed by atoms with Crippen LogP contribution in [0.3, 0.4) is 0 Å². The van der Waals surface area contributed by atoms with Gasteiger partial charge in [0.25, 0.3) is 5.03 Å². The minimum Gasteiger partial charge on any atom is -0.202 e. The van der Waals surface area contributed by atoms with Gasteiger partial charge in [-0.25, -0.2) is 4.98 Å². The molecule has 118 valence electrons. The van der Waals surface area contributed by atoms with Gasteiger partial charge in [-0.15, -0.1) is 0 Å². The van der Waals surface area contributed by atoms with E-state index in [0.717, 1.165) is 34.7 Å². The molecule has 0 radical (unpaired) electrons. The van der Waals surface area contributed by atoms with Crippen LogP contribution in [0.1, 0.15) is 40.8 Å². The molecule has 0 unspecified atom stereocenters. The van der Waals surface area contributed by atoms with Crippen molar-refractivity contribution in [2.75, 3.05) is 0 Å². The molecule has 0 bridgehead atoms. The maximum Gasteiger partial charge on any atom is 0.257 e. The maximum absolute atomic E-state index is 9.62. The molecular weight excluding hydrogens is 347 g/mol. The first kappa shape index (κ1) is 16.6. The van der Waals surface area contributed by atoms with Gasteiger partial charge in [0.2, 0.25) is 0 Å². The van der Waals surface area contributed by atoms with Crippen LogP contribution in [0.2, 0.25) is 10.0 Å². The third kappa shape index (κ3) is 3.50. The van der Waals surface area contributed by atoms with Gasteiger partial charge in [-0.2, -0.15) is 5.26 Å². The number of nitrogens with one attached hydrogen (secondary N) is 1. The zero-order valence-corrected chi connectivity index (χ0v) is 15.2. The topological polar surface area (TPSA) is 37.9 Å². The number of aromatic nitrogens is 1. The Bertz CT molecular complexity index is 797. The van der Waals surface area contributed by atoms with Crippen molar-refractivity contribution in [2.24, 2.45) is 0 Å². The summed E-state index contributed by atoms with van der Waals surface area (Å²) in [5.41, 5.74) is 5.68. The largest absolute Gasteiger partial charge is 0.257 e. The van der Waals surface area contributed by atoms with Crippen molar-refractivity contribution >= 4 is 35.0 Å². The molecule has 5 heteroatoms. The average Bonchev–Trinajstić information content (AvgIpc) is 2.56. The lowest BCUT2D eigenvalue weighted by Crippen LogP contribution is -2.21. The van der Waals surface area contributed by atoms with Crippen LogP contribution < -0.4 is 4.98 Å². The second-order valence-electron chi connectivity index (χ2n) is 5.77. The van der Waals surface area contributed by atoms with Gasteiger partial charge in [0.1, 0.15) is 11.6 Å². The molecule has 0 atom stereocenters. The Morgan fingerprint density at radius 1 is 1.17 bits per heavy atom. The predicted molar refractivity (Wildman–Crippen MR) is 95.1 cm³/mol. The Hall–Kier alpha value is -1.21. The van der Waals surface area contributed by atoms with Crippen molar-refractivity contribution in [1.82, 2.24) is 0 Å². The minimum atomic E-state index is 0.564. The van der Waals surface area contributed by atoms with Crippen LogP contribution in [0.4, 0.5) is 0 Å². The van der Waals surface area contributed by atoms with E-state index in [-0.39, 0.29) is 0 Å². The highest BCUT2D eigenvalue weighted by molar-refractivity contribution is 7.98. The van der Waals surface area contributed by atoms with Crippen LogP contribution in [0.15, 0.2) is 23.2 Å². The van der Waals surface area contributed by atoms with Gasteiger partial charge in [-0.3, -0.25) is 0 Å². The SMILES string of the molecule is Cc1[nH+]c(SCc2ccc(Cl)c(Cl)c2)c(C#N)c2c1CCCC2. The lowest BCUT2D eigenvalue weighted by atomic mass is 9.88. The Balaban J connectivity index is 1.89. The van der Waals surface area contributed by atoms with Crippen molar-refractivity contribution in [3.05, 3.63) is 56.2 Å². The van der Waals surface area contributed by atoms with Crippen LogP contribution in [-0.4, -0.2) is 0 Å². The van der Waals surface area contributed by atoms with Gasteiger partial charge < -0.3 is 0 Å². The molecule has 0 amide bonds. The third-order valence-electron chi connectivity index (χ3n) is 4.23. The molecule has 23 heavy (non-hydrogen) atoms. The molecule has 0 saturated heterocycles. The monoisotopic (exact) mass is 363 g/mol. The summed E-state index contributed by atoms with van der Waals surface area (Å²) in [5.74, 6) is 0.750. The number of hydrogen-bond acceptors (Lipinski definition) is 2. The van der Waals surface area contributed by atoms with Crippen LogP contribution in [0, 0.1) is 18.3 Å². The summed E-state index contributed by atoms with van der Waals surface area (Å²) in [6.45, 7) is 2.11. The molecule has 3 rings (SSSR count). The number of pyridine rings is 1. The van der Waals surface area contributed by atoms with Gasteiger partial charge in [0.05, 0.1) is 10.0 Å². The van der Waals surface area contributed by atoms with Gasteiger partial charge in [0, 0.05) is 18.2 Å². The molecule has 2 aromatic rings. The standard InChI is InChI=1S/C18H16Cl2N2S/c1-11-13-4-2-3-5-14(13)15(9-21)18(22-11)23-10-12-6-7-16(19)17(20)8-12/h6-8H,2-5,10H2,1H3/p+1. The number of rotatable bonds is 3. The highest BCUT2D eigenvalue weighted by Crippen LogP contribution is 2.32. The van der Waals surface area contributed by atoms with Gasteiger partial charge in [-0.1, -0.05) is 41.0 Å². The zero-order valence-electron chi connectivity index (χ0n) is 12.9. The van der Waals surface area contributed by atoms with E-state index in [1.165, 1.54) is 29.7 Å². The number of hydrogen-bond donors (Lipinski definition) is 0. The normalized spacial score (nSPS) is 13.5. The fraction of sp³-hybridized carbons (Fsp3) is 0.333. The fourth-order valence-electron chi connectivity index (χ4n) is 3.05. The number of halogens is 2. The van der Waals surface area contributed by atoms with Crippen LogP contribution >= 0.6 is 35.0 Å². The van der Waals surface area contributed by atoms with Gasteiger partial charge in [0.15, 0.2) is 5.69 Å². The van der Waals surface area contributed by atoms with Gasteiger partial charge in [-0.05, 0) is 48.9 Å². The average molecular weight is 364 g/mol. The van der Waals surface area contributed by atoms with Crippen LogP contribution in [-0.2, 0) is 18.6 Å². The smallest absolute Gasteiger partial charge is 0.202 e. The fourth-order valence-corrected chi connectivity index (χ4v) is 4.40. The predicted octanol–water partition coefficient (Wildman–Crippen LogP) is 5.16. The molecule has 1 aliphatic rings. The summed E-state index contributed by atoms with van der Waals surface area (Å²) in [7, 11) is 0. The van der Waals surface area contributed by atoms with E-state index in [4.69, 9.17) is 23.2 Å². The molecule has 2 nitrogen and oxygen atoms in total. The highest BCUT2D eigenvalue weighted by Gasteiger charge is 2.25. The van der Waals surface area contributed by atoms with Crippen LogP contribution in [0.5, 0.6) is 0 Å². The molecule has 0 saturated carbocycles. The number of H-pyrrole nitrogens is 1. The summed E-state index contributed by atoms with van der Waals surface area (Å²) in [6, 6.07) is 8.07. The number of nitriles is 1. The first-order valence-electron chi connectivity index (χ1n) is 7.64. The summed E-state index contributed by atoms with van der Waals surface area (Å²) in [4.78, 5) is 3.43. The van der Waals surface area contributed by atoms with Crippen molar-refractivity contribution in [3.8, 4) is 6.07 Å². The van der Waals surface area contributed by atoms with Gasteiger partial charge >= 0.3 is 0 Å². The lowest BCUT2D eigenvalue weighted by molar-refractivity contribution is -0.436. The van der Waals surface area contributed by atoms with Crippen molar-refractivity contribution < 1.29 is 4.98 Å². The molecular formula is C18H17Cl2N2S+. The zero-order chi connectivity index (χ0) is 16.4. The molecule has 1 aromatic carbocycles. The quantitative estimate of drug-likeness (QED) is 0.706. The van der Waals surface area contributed by atoms with E-state index < -0.39 is 0 Å². The van der Waals surface area contributed by atoms with Crippen molar-refractivity contribution in [3.63, 3.8) is 0 Å². The summed E-state index contributed by atoms with van der Waals surface area (Å²) >= 11 is 13.7. The number of thioether (sulfide) groups is 1. The van der Waals surface area contributed by atoms with Crippen LogP contribution in [0.25, 0.3) is 0 Å². The van der Waals surface area contributed by atoms with E-state index in [9.17, 15) is 5.26 Å². The molecule has 1 N–H and O–H groups in total. The summed E-state index contributed by atoms with van der Waals surface area (Å²) < 4.78 is 0. The Morgan fingerprint density at radius 3 is 2.61 bits per heavy atom. The number of benzene rings is 1. The molecule has 0 fully saturated rings. The Morgan fingerprint density at radius 2 is 1.91 bits per heavy atom. The first-order valence-corrected chi connectivity index (χ1v) is 9.38. The number of aryl methyl sites for hydroxylation is 1. The van der Waals surface area contributed by atoms with E-state index in [1.54, 1.807) is 11.8 Å². The van der Waals surface area contributed by atoms with E-state index >= 15 is 0 Å². The molecule has 1 aliphatic carbocycles. The second kappa shape index (κ2) is 7.13. The number of fused-ring (bicyclic) bond motifs is 1.